The van der Waals surface area contributed by atoms with E-state index in [-0.39, 0.29) is 0 Å². The van der Waals surface area contributed by atoms with E-state index in [2.05, 4.69) is 44.2 Å². The van der Waals surface area contributed by atoms with Crippen LogP contribution in [0.3, 0.4) is 0 Å². The molecule has 1 unspecified atom stereocenters. The van der Waals surface area contributed by atoms with Crippen molar-refractivity contribution in [3.8, 4) is 0 Å². The lowest BCUT2D eigenvalue weighted by atomic mass is 10.3. The molecule has 1 aromatic carbocycles. The monoisotopic (exact) mass is 397 g/mol. The second-order valence-electron chi connectivity index (χ2n) is 5.73. The van der Waals surface area contributed by atoms with Gasteiger partial charge in [-0.1, -0.05) is 42.2 Å². The first-order chi connectivity index (χ1) is 11.6. The third-order valence-electron chi connectivity index (χ3n) is 3.84. The smallest absolute Gasteiger partial charge is 0.185 e. The van der Waals surface area contributed by atoms with E-state index in [1.165, 1.54) is 9.60 Å². The predicted octanol–water partition coefficient (Wildman–Crippen LogP) is 4.02. The van der Waals surface area contributed by atoms with Crippen molar-refractivity contribution < 1.29 is 4.90 Å². The number of rotatable bonds is 7. The SMILES string of the molecule is CCCSc1nn(C[NH+](C)[C@H](C)c2nc3ccccc3s2)c(=S)s1. The van der Waals surface area contributed by atoms with E-state index in [4.69, 9.17) is 17.2 Å². The molecule has 0 aliphatic carbocycles. The Morgan fingerprint density at radius 3 is 2.88 bits per heavy atom. The Morgan fingerprint density at radius 1 is 1.33 bits per heavy atom. The van der Waals surface area contributed by atoms with Crippen LogP contribution < -0.4 is 4.90 Å². The number of thioether (sulfide) groups is 1. The van der Waals surface area contributed by atoms with Gasteiger partial charge in [0.25, 0.3) is 0 Å². The number of benzene rings is 1. The summed E-state index contributed by atoms with van der Waals surface area (Å²) in [5.41, 5.74) is 1.08. The number of nitrogens with zero attached hydrogens (tertiary/aromatic N) is 3. The summed E-state index contributed by atoms with van der Waals surface area (Å²) in [6, 6.07) is 8.61. The minimum absolute atomic E-state index is 0.303. The minimum atomic E-state index is 0.303. The highest BCUT2D eigenvalue weighted by Gasteiger charge is 2.21. The normalized spacial score (nSPS) is 14.1. The topological polar surface area (TPSA) is 35.2 Å². The van der Waals surface area contributed by atoms with Gasteiger partial charge in [-0.15, -0.1) is 16.4 Å². The van der Waals surface area contributed by atoms with E-state index in [1.54, 1.807) is 34.4 Å². The average Bonchev–Trinajstić information content (AvgIpc) is 3.16. The fourth-order valence-corrected chi connectivity index (χ4v) is 5.66. The van der Waals surface area contributed by atoms with Crippen molar-refractivity contribution in [2.75, 3.05) is 12.8 Å². The molecule has 128 valence electrons. The van der Waals surface area contributed by atoms with Gasteiger partial charge in [-0.05, 0) is 37.7 Å². The molecule has 2 heterocycles. The van der Waals surface area contributed by atoms with Gasteiger partial charge in [0.2, 0.25) is 0 Å². The molecule has 2 aromatic heterocycles. The van der Waals surface area contributed by atoms with Crippen LogP contribution in [0.4, 0.5) is 0 Å². The van der Waals surface area contributed by atoms with E-state index in [1.807, 2.05) is 10.7 Å². The van der Waals surface area contributed by atoms with Crippen LogP contribution >= 0.6 is 46.7 Å². The zero-order chi connectivity index (χ0) is 17.1. The van der Waals surface area contributed by atoms with Crippen molar-refractivity contribution in [1.29, 1.82) is 0 Å². The largest absolute Gasteiger partial charge is 0.311 e. The summed E-state index contributed by atoms with van der Waals surface area (Å²) in [5.74, 6) is 1.09. The first-order valence-electron chi connectivity index (χ1n) is 7.97. The first kappa shape index (κ1) is 18.0. The molecule has 24 heavy (non-hydrogen) atoms. The first-order valence-corrected chi connectivity index (χ1v) is 11.0. The van der Waals surface area contributed by atoms with E-state index < -0.39 is 0 Å². The number of hydrogen-bond donors (Lipinski definition) is 1. The highest BCUT2D eigenvalue weighted by Crippen LogP contribution is 2.25. The molecule has 8 heteroatoms. The number of nitrogens with one attached hydrogen (secondary N) is 1. The van der Waals surface area contributed by atoms with Crippen molar-refractivity contribution in [2.24, 2.45) is 0 Å². The van der Waals surface area contributed by atoms with E-state index in [0.29, 0.717) is 6.04 Å². The van der Waals surface area contributed by atoms with Gasteiger partial charge in [-0.3, -0.25) is 0 Å². The molecule has 2 atom stereocenters. The number of hydrogen-bond acceptors (Lipinski definition) is 6. The minimum Gasteiger partial charge on any atom is -0.311 e. The third kappa shape index (κ3) is 4.05. The molecule has 1 N–H and O–H groups in total. The van der Waals surface area contributed by atoms with Crippen LogP contribution in [0.1, 0.15) is 31.3 Å². The number of para-hydroxylation sites is 1. The van der Waals surface area contributed by atoms with Gasteiger partial charge >= 0.3 is 0 Å². The van der Waals surface area contributed by atoms with Crippen molar-refractivity contribution >= 4 is 56.9 Å². The van der Waals surface area contributed by atoms with Crippen LogP contribution in [0.5, 0.6) is 0 Å². The summed E-state index contributed by atoms with van der Waals surface area (Å²) in [6.45, 7) is 5.16. The van der Waals surface area contributed by atoms with Gasteiger partial charge in [0.05, 0.1) is 17.3 Å². The molecule has 0 fully saturated rings. The number of quaternary nitrogens is 1. The highest BCUT2D eigenvalue weighted by atomic mass is 32.2. The molecule has 0 saturated heterocycles. The zero-order valence-electron chi connectivity index (χ0n) is 14.0. The molecule has 0 bridgehead atoms. The summed E-state index contributed by atoms with van der Waals surface area (Å²) in [6.07, 6.45) is 1.15. The van der Waals surface area contributed by atoms with Gasteiger partial charge in [-0.2, -0.15) is 4.68 Å². The van der Waals surface area contributed by atoms with Crippen molar-refractivity contribution in [1.82, 2.24) is 14.8 Å². The lowest BCUT2D eigenvalue weighted by Crippen LogP contribution is -3.08. The molecule has 3 rings (SSSR count). The summed E-state index contributed by atoms with van der Waals surface area (Å²) in [4.78, 5) is 6.12. The van der Waals surface area contributed by atoms with Crippen molar-refractivity contribution in [3.63, 3.8) is 0 Å². The Labute approximate surface area is 159 Å². The second-order valence-corrected chi connectivity index (χ2v) is 9.75. The molecule has 0 radical (unpaired) electrons. The Kier molecular flexibility index (Phi) is 6.04. The van der Waals surface area contributed by atoms with Crippen LogP contribution in [0.25, 0.3) is 10.2 Å². The molecule has 0 amide bonds. The Hall–Kier alpha value is -0.800. The maximum absolute atomic E-state index is 5.48. The van der Waals surface area contributed by atoms with Crippen LogP contribution in [0.15, 0.2) is 28.6 Å². The van der Waals surface area contributed by atoms with Gasteiger partial charge < -0.3 is 4.90 Å². The van der Waals surface area contributed by atoms with E-state index in [9.17, 15) is 0 Å². The molecule has 0 saturated carbocycles. The number of thiazole rings is 1. The summed E-state index contributed by atoms with van der Waals surface area (Å²) < 4.78 is 5.12. The fraction of sp³-hybridized carbons (Fsp3) is 0.438. The number of aromatic nitrogens is 3. The molecular formula is C16H21N4S4+. The lowest BCUT2D eigenvalue weighted by Gasteiger charge is -2.19. The Bertz CT molecular complexity index is 833. The van der Waals surface area contributed by atoms with Crippen molar-refractivity contribution in [2.45, 2.75) is 37.3 Å². The molecule has 0 aliphatic heterocycles. The Morgan fingerprint density at radius 2 is 2.12 bits per heavy atom. The van der Waals surface area contributed by atoms with Crippen molar-refractivity contribution in [3.05, 3.63) is 33.2 Å². The maximum atomic E-state index is 5.48. The predicted molar refractivity (Wildman–Crippen MR) is 107 cm³/mol. The molecule has 3 aromatic rings. The highest BCUT2D eigenvalue weighted by molar-refractivity contribution is 8.01. The summed E-state index contributed by atoms with van der Waals surface area (Å²) in [5, 5.41) is 5.83. The van der Waals surface area contributed by atoms with Crippen LogP contribution in [-0.4, -0.2) is 27.6 Å². The second kappa shape index (κ2) is 8.05. The third-order valence-corrected chi connectivity index (χ3v) is 7.70. The Balaban J connectivity index is 1.73. The quantitative estimate of drug-likeness (QED) is 0.482. The van der Waals surface area contributed by atoms with E-state index in [0.717, 1.165) is 37.7 Å². The number of fused-ring (bicyclic) bond motifs is 1. The zero-order valence-corrected chi connectivity index (χ0v) is 17.2. The summed E-state index contributed by atoms with van der Waals surface area (Å²) >= 11 is 10.7. The van der Waals surface area contributed by atoms with Gasteiger partial charge in [0.1, 0.15) is 6.04 Å². The molecule has 0 spiro atoms. The maximum Gasteiger partial charge on any atom is 0.185 e. The average molecular weight is 398 g/mol. The fourth-order valence-electron chi connectivity index (χ4n) is 2.29. The van der Waals surface area contributed by atoms with Gasteiger partial charge in [0.15, 0.2) is 20.0 Å². The van der Waals surface area contributed by atoms with Crippen LogP contribution in [-0.2, 0) is 6.67 Å². The van der Waals surface area contributed by atoms with Crippen LogP contribution in [0.2, 0.25) is 0 Å². The molecule has 4 nitrogen and oxygen atoms in total. The van der Waals surface area contributed by atoms with Gasteiger partial charge in [-0.25, -0.2) is 4.98 Å². The molecular weight excluding hydrogens is 376 g/mol. The summed E-state index contributed by atoms with van der Waals surface area (Å²) in [7, 11) is 2.18. The standard InChI is InChI=1S/C16H20N4S4/c1-4-9-22-15-18-20(16(21)24-15)10-19(3)11(2)14-17-12-7-5-6-8-13(12)23-14/h5-8,11H,4,9-10H2,1-3H3/p+1/t11-/m1/s1. The van der Waals surface area contributed by atoms with Gasteiger partial charge in [0, 0.05) is 5.75 Å². The lowest BCUT2D eigenvalue weighted by molar-refractivity contribution is -0.933. The van der Waals surface area contributed by atoms with Crippen LogP contribution in [0, 0.1) is 3.95 Å². The van der Waals surface area contributed by atoms with E-state index >= 15 is 0 Å². The molecule has 0 aliphatic rings.